The first-order valence-electron chi connectivity index (χ1n) is 7.92. The molecule has 23 heavy (non-hydrogen) atoms. The van der Waals surface area contributed by atoms with Crippen LogP contribution in [0.1, 0.15) is 18.4 Å². The highest BCUT2D eigenvalue weighted by atomic mass is 16.5. The van der Waals surface area contributed by atoms with E-state index in [1.54, 1.807) is 13.3 Å². The molecule has 1 fully saturated rings. The molecule has 1 aromatic heterocycles. The van der Waals surface area contributed by atoms with Crippen LogP contribution >= 0.6 is 0 Å². The molecular weight excluding hydrogens is 292 g/mol. The van der Waals surface area contributed by atoms with E-state index in [2.05, 4.69) is 10.3 Å². The first kappa shape index (κ1) is 15.8. The van der Waals surface area contributed by atoms with E-state index in [1.807, 2.05) is 36.4 Å². The van der Waals surface area contributed by atoms with Crippen molar-refractivity contribution in [2.75, 3.05) is 20.3 Å². The lowest BCUT2D eigenvalue weighted by molar-refractivity contribution is 0.0775. The van der Waals surface area contributed by atoms with Crippen LogP contribution in [-0.2, 0) is 11.3 Å². The van der Waals surface area contributed by atoms with Crippen molar-refractivity contribution in [3.05, 3.63) is 48.2 Å². The molecule has 0 radical (unpaired) electrons. The first-order valence-corrected chi connectivity index (χ1v) is 7.92. The number of methoxy groups -OCH3 is 1. The molecule has 0 saturated carbocycles. The maximum Gasteiger partial charge on any atom is 0.223 e. The number of rotatable bonds is 6. The largest absolute Gasteiger partial charge is 0.493 e. The van der Waals surface area contributed by atoms with Crippen molar-refractivity contribution in [3.8, 4) is 17.4 Å². The molecule has 0 atom stereocenters. The maximum atomic E-state index is 5.97. The fourth-order valence-corrected chi connectivity index (χ4v) is 2.61. The van der Waals surface area contributed by atoms with Gasteiger partial charge in [-0.05, 0) is 31.0 Å². The van der Waals surface area contributed by atoms with Crippen molar-refractivity contribution >= 4 is 0 Å². The van der Waals surface area contributed by atoms with Gasteiger partial charge in [-0.15, -0.1) is 0 Å². The van der Waals surface area contributed by atoms with Crippen LogP contribution in [0, 0.1) is 0 Å². The van der Waals surface area contributed by atoms with Crippen LogP contribution in [-0.4, -0.2) is 31.3 Å². The lowest BCUT2D eigenvalue weighted by atomic mass is 10.1. The minimum atomic E-state index is 0.489. The Kier molecular flexibility index (Phi) is 5.45. The monoisotopic (exact) mass is 314 g/mol. The van der Waals surface area contributed by atoms with Gasteiger partial charge in [0.25, 0.3) is 0 Å². The summed E-state index contributed by atoms with van der Waals surface area (Å²) in [6, 6.07) is 12.0. The molecule has 0 bridgehead atoms. The van der Waals surface area contributed by atoms with Gasteiger partial charge in [0.05, 0.1) is 7.11 Å². The normalized spacial score (nSPS) is 15.3. The van der Waals surface area contributed by atoms with E-state index < -0.39 is 0 Å². The molecule has 0 amide bonds. The van der Waals surface area contributed by atoms with Crippen molar-refractivity contribution in [2.24, 2.45) is 0 Å². The molecule has 0 aliphatic carbocycles. The fraction of sp³-hybridized carbons (Fsp3) is 0.389. The second kappa shape index (κ2) is 7.94. The third-order valence-corrected chi connectivity index (χ3v) is 3.93. The van der Waals surface area contributed by atoms with Crippen LogP contribution in [0.3, 0.4) is 0 Å². The number of nitrogens with zero attached hydrogens (tertiary/aromatic N) is 1. The van der Waals surface area contributed by atoms with Gasteiger partial charge in [0.1, 0.15) is 0 Å². The highest BCUT2D eigenvalue weighted by Gasteiger charge is 2.15. The summed E-state index contributed by atoms with van der Waals surface area (Å²) < 4.78 is 16.7. The Morgan fingerprint density at radius 1 is 1.13 bits per heavy atom. The predicted octanol–water partition coefficient (Wildman–Crippen LogP) is 3.15. The molecule has 0 unspecified atom stereocenters. The number of hydrogen-bond acceptors (Lipinski definition) is 5. The second-order valence-corrected chi connectivity index (χ2v) is 5.49. The molecule has 5 nitrogen and oxygen atoms in total. The number of nitrogens with one attached hydrogen (secondary N) is 1. The molecule has 2 aromatic rings. The van der Waals surface area contributed by atoms with E-state index in [9.17, 15) is 0 Å². The number of para-hydroxylation sites is 2. The molecule has 2 heterocycles. The van der Waals surface area contributed by atoms with Crippen molar-refractivity contribution in [2.45, 2.75) is 25.4 Å². The summed E-state index contributed by atoms with van der Waals surface area (Å²) in [6.45, 7) is 2.38. The van der Waals surface area contributed by atoms with Crippen molar-refractivity contribution in [1.29, 1.82) is 0 Å². The number of ether oxygens (including phenoxy) is 3. The van der Waals surface area contributed by atoms with Crippen LogP contribution in [0.25, 0.3) is 0 Å². The second-order valence-electron chi connectivity index (χ2n) is 5.49. The van der Waals surface area contributed by atoms with Crippen LogP contribution in [0.15, 0.2) is 42.6 Å². The summed E-state index contributed by atoms with van der Waals surface area (Å²) in [5.74, 6) is 1.97. The lowest BCUT2D eigenvalue weighted by Crippen LogP contribution is -2.34. The third-order valence-electron chi connectivity index (χ3n) is 3.93. The lowest BCUT2D eigenvalue weighted by Gasteiger charge is -2.23. The van der Waals surface area contributed by atoms with E-state index in [-0.39, 0.29) is 0 Å². The van der Waals surface area contributed by atoms with Gasteiger partial charge in [0, 0.05) is 37.6 Å². The van der Waals surface area contributed by atoms with Gasteiger partial charge in [0.15, 0.2) is 11.5 Å². The molecule has 1 aliphatic heterocycles. The van der Waals surface area contributed by atoms with Crippen molar-refractivity contribution in [3.63, 3.8) is 0 Å². The summed E-state index contributed by atoms with van der Waals surface area (Å²) in [6.07, 6.45) is 3.83. The van der Waals surface area contributed by atoms with Gasteiger partial charge in [-0.2, -0.15) is 0 Å². The summed E-state index contributed by atoms with van der Waals surface area (Å²) in [5, 5.41) is 3.56. The summed E-state index contributed by atoms with van der Waals surface area (Å²) >= 11 is 0. The average Bonchev–Trinajstić information content (AvgIpc) is 2.62. The molecule has 5 heteroatoms. The Morgan fingerprint density at radius 3 is 2.70 bits per heavy atom. The Morgan fingerprint density at radius 2 is 1.91 bits per heavy atom. The zero-order valence-corrected chi connectivity index (χ0v) is 13.3. The smallest absolute Gasteiger partial charge is 0.223 e. The Balaban J connectivity index is 1.70. The SMILES string of the molecule is COc1ccccc1Oc1ncccc1CNC1CCOCC1. The Hall–Kier alpha value is -2.11. The highest BCUT2D eigenvalue weighted by molar-refractivity contribution is 5.42. The average molecular weight is 314 g/mol. The van der Waals surface area contributed by atoms with Gasteiger partial charge in [-0.1, -0.05) is 18.2 Å². The summed E-state index contributed by atoms with van der Waals surface area (Å²) in [5.41, 5.74) is 1.03. The topological polar surface area (TPSA) is 52.6 Å². The van der Waals surface area contributed by atoms with E-state index >= 15 is 0 Å². The predicted molar refractivity (Wildman–Crippen MR) is 88.0 cm³/mol. The molecule has 3 rings (SSSR count). The summed E-state index contributed by atoms with van der Waals surface area (Å²) in [4.78, 5) is 4.37. The molecular formula is C18H22N2O3. The molecule has 122 valence electrons. The minimum Gasteiger partial charge on any atom is -0.493 e. The fourth-order valence-electron chi connectivity index (χ4n) is 2.61. The first-order chi connectivity index (χ1) is 11.4. The molecule has 0 spiro atoms. The van der Waals surface area contributed by atoms with Crippen molar-refractivity contribution in [1.82, 2.24) is 10.3 Å². The Labute approximate surface area is 136 Å². The summed E-state index contributed by atoms with van der Waals surface area (Å²) in [7, 11) is 1.63. The van der Waals surface area contributed by atoms with E-state index in [0.29, 0.717) is 23.4 Å². The molecule has 1 aliphatic rings. The number of pyridine rings is 1. The Bertz CT molecular complexity index is 627. The quantitative estimate of drug-likeness (QED) is 0.887. The van der Waals surface area contributed by atoms with E-state index in [4.69, 9.17) is 14.2 Å². The third kappa shape index (κ3) is 4.21. The number of hydrogen-bond donors (Lipinski definition) is 1. The zero-order valence-electron chi connectivity index (χ0n) is 13.3. The molecule has 1 N–H and O–H groups in total. The molecule has 1 saturated heterocycles. The van der Waals surface area contributed by atoms with Gasteiger partial charge in [0.2, 0.25) is 5.88 Å². The minimum absolute atomic E-state index is 0.489. The van der Waals surface area contributed by atoms with Gasteiger partial charge in [-0.25, -0.2) is 4.98 Å². The van der Waals surface area contributed by atoms with Crippen LogP contribution in [0.2, 0.25) is 0 Å². The van der Waals surface area contributed by atoms with Crippen LogP contribution in [0.5, 0.6) is 17.4 Å². The van der Waals surface area contributed by atoms with Gasteiger partial charge in [-0.3, -0.25) is 0 Å². The van der Waals surface area contributed by atoms with E-state index in [0.717, 1.165) is 38.2 Å². The number of aromatic nitrogens is 1. The van der Waals surface area contributed by atoms with Crippen molar-refractivity contribution < 1.29 is 14.2 Å². The maximum absolute atomic E-state index is 5.97. The van der Waals surface area contributed by atoms with Crippen LogP contribution in [0.4, 0.5) is 0 Å². The zero-order chi connectivity index (χ0) is 15.9. The highest BCUT2D eigenvalue weighted by Crippen LogP contribution is 2.31. The number of benzene rings is 1. The van der Waals surface area contributed by atoms with E-state index in [1.165, 1.54) is 0 Å². The van der Waals surface area contributed by atoms with Gasteiger partial charge >= 0.3 is 0 Å². The standard InChI is InChI=1S/C18H22N2O3/c1-21-16-6-2-3-7-17(16)23-18-14(5-4-10-19-18)13-20-15-8-11-22-12-9-15/h2-7,10,15,20H,8-9,11-13H2,1H3. The van der Waals surface area contributed by atoms with Gasteiger partial charge < -0.3 is 19.5 Å². The van der Waals surface area contributed by atoms with Crippen LogP contribution < -0.4 is 14.8 Å². The molecule has 1 aromatic carbocycles.